The van der Waals surface area contributed by atoms with Gasteiger partial charge in [0.15, 0.2) is 0 Å². The van der Waals surface area contributed by atoms with E-state index in [1.165, 1.54) is 0 Å². The minimum Gasteiger partial charge on any atom is -0.343 e. The summed E-state index contributed by atoms with van der Waals surface area (Å²) in [5.41, 5.74) is 0.977. The van der Waals surface area contributed by atoms with Crippen LogP contribution in [0, 0.1) is 6.92 Å². The highest BCUT2D eigenvalue weighted by atomic mass is 79.9. The van der Waals surface area contributed by atoms with Crippen LogP contribution in [0.15, 0.2) is 27.6 Å². The Kier molecular flexibility index (Phi) is 5.40. The number of hydrogen-bond acceptors (Lipinski definition) is 3. The van der Waals surface area contributed by atoms with Gasteiger partial charge in [-0.2, -0.15) is 0 Å². The molecule has 0 spiro atoms. The van der Waals surface area contributed by atoms with E-state index in [9.17, 15) is 13.2 Å². The molecule has 1 aliphatic rings. The maximum atomic E-state index is 12.2. The summed E-state index contributed by atoms with van der Waals surface area (Å²) in [5.74, 6) is 0.0122. The Labute approximate surface area is 133 Å². The van der Waals surface area contributed by atoms with E-state index in [2.05, 4.69) is 20.7 Å². The minimum atomic E-state index is -3.59. The van der Waals surface area contributed by atoms with Gasteiger partial charge in [-0.3, -0.25) is 4.79 Å². The number of sulfonamides is 1. The summed E-state index contributed by atoms with van der Waals surface area (Å²) >= 11 is 3.26. The van der Waals surface area contributed by atoms with Crippen molar-refractivity contribution in [3.05, 3.63) is 28.2 Å². The summed E-state index contributed by atoms with van der Waals surface area (Å²) in [6.07, 6.45) is 2.27. The topological polar surface area (TPSA) is 66.5 Å². The van der Waals surface area contributed by atoms with E-state index < -0.39 is 10.0 Å². The van der Waals surface area contributed by atoms with Gasteiger partial charge in [-0.1, -0.05) is 6.07 Å². The molecule has 1 aromatic carbocycles. The molecule has 116 valence electrons. The first kappa shape index (κ1) is 16.5. The molecule has 1 saturated heterocycles. The zero-order chi connectivity index (χ0) is 15.5. The van der Waals surface area contributed by atoms with Crippen molar-refractivity contribution in [3.8, 4) is 0 Å². The molecule has 1 fully saturated rings. The SMILES string of the molecule is Cc1ccc(S(=O)(=O)NCCC(=O)N2CCCC2)c(Br)c1. The molecule has 0 saturated carbocycles. The number of hydrogen-bond donors (Lipinski definition) is 1. The van der Waals surface area contributed by atoms with Crippen LogP contribution in [0.4, 0.5) is 0 Å². The highest BCUT2D eigenvalue weighted by Gasteiger charge is 2.20. The summed E-state index contributed by atoms with van der Waals surface area (Å²) in [6, 6.07) is 5.06. The highest BCUT2D eigenvalue weighted by Crippen LogP contribution is 2.22. The molecule has 2 rings (SSSR count). The van der Waals surface area contributed by atoms with Gasteiger partial charge < -0.3 is 4.90 Å². The first-order valence-corrected chi connectivity index (χ1v) is 9.21. The summed E-state index contributed by atoms with van der Waals surface area (Å²) in [6.45, 7) is 3.59. The van der Waals surface area contributed by atoms with Gasteiger partial charge in [-0.25, -0.2) is 13.1 Å². The maximum absolute atomic E-state index is 12.2. The molecule has 0 unspecified atom stereocenters. The number of rotatable bonds is 5. The summed E-state index contributed by atoms with van der Waals surface area (Å²) < 4.78 is 27.4. The largest absolute Gasteiger partial charge is 0.343 e. The lowest BCUT2D eigenvalue weighted by atomic mass is 10.2. The van der Waals surface area contributed by atoms with Gasteiger partial charge in [0, 0.05) is 30.5 Å². The van der Waals surface area contributed by atoms with Crippen LogP contribution < -0.4 is 4.72 Å². The summed E-state index contributed by atoms with van der Waals surface area (Å²) in [4.78, 5) is 13.8. The van der Waals surface area contributed by atoms with Crippen LogP contribution in [-0.4, -0.2) is 38.9 Å². The zero-order valence-electron chi connectivity index (χ0n) is 11.9. The van der Waals surface area contributed by atoms with Crippen molar-refractivity contribution in [1.82, 2.24) is 9.62 Å². The van der Waals surface area contributed by atoms with Gasteiger partial charge in [-0.15, -0.1) is 0 Å². The molecular weight excluding hydrogens is 356 g/mol. The lowest BCUT2D eigenvalue weighted by Gasteiger charge is -2.15. The van der Waals surface area contributed by atoms with E-state index in [4.69, 9.17) is 0 Å². The van der Waals surface area contributed by atoms with Crippen LogP contribution >= 0.6 is 15.9 Å². The number of aryl methyl sites for hydroxylation is 1. The summed E-state index contributed by atoms with van der Waals surface area (Å²) in [7, 11) is -3.59. The lowest BCUT2D eigenvalue weighted by Crippen LogP contribution is -2.32. The molecular formula is C14H19BrN2O3S. The number of nitrogens with zero attached hydrogens (tertiary/aromatic N) is 1. The van der Waals surface area contributed by atoms with Crippen molar-refractivity contribution in [1.29, 1.82) is 0 Å². The summed E-state index contributed by atoms with van der Waals surface area (Å²) in [5, 5.41) is 0. The Morgan fingerprint density at radius 3 is 2.62 bits per heavy atom. The Morgan fingerprint density at radius 2 is 2.00 bits per heavy atom. The van der Waals surface area contributed by atoms with Crippen LogP contribution in [-0.2, 0) is 14.8 Å². The second-order valence-corrected chi connectivity index (χ2v) is 7.76. The van der Waals surface area contributed by atoms with Gasteiger partial charge in [-0.05, 0) is 53.4 Å². The molecule has 0 aromatic heterocycles. The van der Waals surface area contributed by atoms with Crippen molar-refractivity contribution in [2.24, 2.45) is 0 Å². The van der Waals surface area contributed by atoms with Crippen LogP contribution in [0.1, 0.15) is 24.8 Å². The van der Waals surface area contributed by atoms with Crippen LogP contribution in [0.2, 0.25) is 0 Å². The number of amides is 1. The maximum Gasteiger partial charge on any atom is 0.241 e. The van der Waals surface area contributed by atoms with E-state index in [1.54, 1.807) is 23.1 Å². The second kappa shape index (κ2) is 6.89. The number of benzene rings is 1. The predicted octanol–water partition coefficient (Wildman–Crippen LogP) is 2.05. The predicted molar refractivity (Wildman–Crippen MR) is 84.5 cm³/mol. The molecule has 1 amide bonds. The number of nitrogens with one attached hydrogen (secondary N) is 1. The Balaban J connectivity index is 1.93. The molecule has 1 N–H and O–H groups in total. The molecule has 5 nitrogen and oxygen atoms in total. The van der Waals surface area contributed by atoms with Crippen LogP contribution in [0.5, 0.6) is 0 Å². The molecule has 1 aliphatic heterocycles. The number of carbonyl (C=O) groups excluding carboxylic acids is 1. The Morgan fingerprint density at radius 1 is 1.33 bits per heavy atom. The van der Waals surface area contributed by atoms with Gasteiger partial charge in [0.25, 0.3) is 0 Å². The Hall–Kier alpha value is -0.920. The van der Waals surface area contributed by atoms with E-state index in [-0.39, 0.29) is 23.8 Å². The fourth-order valence-electron chi connectivity index (χ4n) is 2.32. The third-order valence-electron chi connectivity index (χ3n) is 3.47. The van der Waals surface area contributed by atoms with E-state index in [0.29, 0.717) is 4.47 Å². The molecule has 21 heavy (non-hydrogen) atoms. The standard InChI is InChI=1S/C14H19BrN2O3S/c1-11-4-5-13(12(15)10-11)21(19,20)16-7-6-14(18)17-8-2-3-9-17/h4-5,10,16H,2-3,6-9H2,1H3. The third kappa shape index (κ3) is 4.28. The van der Waals surface area contributed by atoms with Crippen molar-refractivity contribution in [3.63, 3.8) is 0 Å². The second-order valence-electron chi connectivity index (χ2n) is 5.17. The third-order valence-corrected chi connectivity index (χ3v) is 5.90. The van der Waals surface area contributed by atoms with Gasteiger partial charge in [0.05, 0.1) is 4.90 Å². The van der Waals surface area contributed by atoms with E-state index in [0.717, 1.165) is 31.5 Å². The number of carbonyl (C=O) groups is 1. The van der Waals surface area contributed by atoms with Crippen LogP contribution in [0.25, 0.3) is 0 Å². The number of likely N-dealkylation sites (tertiary alicyclic amines) is 1. The van der Waals surface area contributed by atoms with Gasteiger partial charge in [0.2, 0.25) is 15.9 Å². The fraction of sp³-hybridized carbons (Fsp3) is 0.500. The average Bonchev–Trinajstić information content (AvgIpc) is 2.91. The molecule has 0 atom stereocenters. The fourth-order valence-corrected chi connectivity index (χ4v) is 4.54. The Bertz CT molecular complexity index is 625. The van der Waals surface area contributed by atoms with Crippen LogP contribution in [0.3, 0.4) is 0 Å². The number of halogens is 1. The van der Waals surface area contributed by atoms with E-state index >= 15 is 0 Å². The van der Waals surface area contributed by atoms with Gasteiger partial charge >= 0.3 is 0 Å². The normalized spacial score (nSPS) is 15.4. The smallest absolute Gasteiger partial charge is 0.241 e. The van der Waals surface area contributed by atoms with Crippen molar-refractivity contribution < 1.29 is 13.2 Å². The van der Waals surface area contributed by atoms with Crippen molar-refractivity contribution >= 4 is 31.9 Å². The molecule has 0 bridgehead atoms. The van der Waals surface area contributed by atoms with Crippen molar-refractivity contribution in [2.75, 3.05) is 19.6 Å². The molecule has 1 heterocycles. The van der Waals surface area contributed by atoms with E-state index in [1.807, 2.05) is 6.92 Å². The molecule has 7 heteroatoms. The molecule has 0 radical (unpaired) electrons. The molecule has 1 aromatic rings. The lowest BCUT2D eigenvalue weighted by molar-refractivity contribution is -0.129. The zero-order valence-corrected chi connectivity index (χ0v) is 14.3. The quantitative estimate of drug-likeness (QED) is 0.857. The van der Waals surface area contributed by atoms with Gasteiger partial charge in [0.1, 0.15) is 0 Å². The van der Waals surface area contributed by atoms with Crippen molar-refractivity contribution in [2.45, 2.75) is 31.1 Å². The average molecular weight is 375 g/mol. The monoisotopic (exact) mass is 374 g/mol. The minimum absolute atomic E-state index is 0.0122. The first-order valence-electron chi connectivity index (χ1n) is 6.94. The highest BCUT2D eigenvalue weighted by molar-refractivity contribution is 9.10. The molecule has 0 aliphatic carbocycles. The first-order chi connectivity index (χ1) is 9.90.